The topological polar surface area (TPSA) is 77.2 Å². The summed E-state index contributed by atoms with van der Waals surface area (Å²) in [6.07, 6.45) is 16.3. The van der Waals surface area contributed by atoms with E-state index in [2.05, 4.69) is 15.0 Å². The number of ether oxygens (including phenoxy) is 1. The standard InChI is InChI=1S/C12H17N3OS.C7H6F2O.C6H12/c13-17-11-8-10(6-7-14-11)15-12(16)9-4-2-1-3-5-9;1-10-6-4-2-3-5(8)7(6)9;1-2-4-6-5-3-1/h6-9H,1-5,13H2,(H,14,15,16);2-4H,1H3;1-6H2. The highest BCUT2D eigenvalue weighted by atomic mass is 32.2. The zero-order chi connectivity index (χ0) is 23.9. The molecule has 0 unspecified atom stereocenters. The lowest BCUT2D eigenvalue weighted by Crippen LogP contribution is -2.24. The lowest BCUT2D eigenvalue weighted by molar-refractivity contribution is -0.120. The average Bonchev–Trinajstić information content (AvgIpc) is 2.88. The van der Waals surface area contributed by atoms with Gasteiger partial charge in [0.05, 0.1) is 7.11 Å². The van der Waals surface area contributed by atoms with Gasteiger partial charge in [-0.05, 0) is 49.1 Å². The lowest BCUT2D eigenvalue weighted by atomic mass is 9.88. The van der Waals surface area contributed by atoms with E-state index in [1.165, 1.54) is 77.0 Å². The highest BCUT2D eigenvalue weighted by Gasteiger charge is 2.21. The van der Waals surface area contributed by atoms with Crippen molar-refractivity contribution in [2.75, 3.05) is 12.4 Å². The minimum atomic E-state index is -0.940. The van der Waals surface area contributed by atoms with Crippen molar-refractivity contribution >= 4 is 23.5 Å². The van der Waals surface area contributed by atoms with Crippen LogP contribution in [-0.4, -0.2) is 18.0 Å². The second-order valence-electron chi connectivity index (χ2n) is 8.20. The van der Waals surface area contributed by atoms with Crippen molar-refractivity contribution in [1.29, 1.82) is 0 Å². The number of hydrogen-bond acceptors (Lipinski definition) is 5. The molecule has 1 heterocycles. The lowest BCUT2D eigenvalue weighted by Gasteiger charge is -2.20. The molecule has 1 aromatic carbocycles. The number of rotatable bonds is 4. The summed E-state index contributed by atoms with van der Waals surface area (Å²) in [5.74, 6) is -1.60. The Labute approximate surface area is 200 Å². The third kappa shape index (κ3) is 10.1. The van der Waals surface area contributed by atoms with Gasteiger partial charge in [0, 0.05) is 17.8 Å². The van der Waals surface area contributed by atoms with E-state index in [0.29, 0.717) is 5.03 Å². The highest BCUT2D eigenvalue weighted by molar-refractivity contribution is 7.97. The first-order valence-electron chi connectivity index (χ1n) is 11.7. The summed E-state index contributed by atoms with van der Waals surface area (Å²) >= 11 is 1.08. The van der Waals surface area contributed by atoms with Crippen molar-refractivity contribution in [2.45, 2.75) is 75.7 Å². The summed E-state index contributed by atoms with van der Waals surface area (Å²) in [5, 5.41) is 9.09. The third-order valence-electron chi connectivity index (χ3n) is 5.74. The van der Waals surface area contributed by atoms with E-state index in [9.17, 15) is 13.6 Å². The molecule has 3 N–H and O–H groups in total. The molecule has 2 aliphatic carbocycles. The number of nitrogens with two attached hydrogens (primary N) is 1. The van der Waals surface area contributed by atoms with Gasteiger partial charge in [-0.1, -0.05) is 63.9 Å². The molecule has 0 bridgehead atoms. The van der Waals surface area contributed by atoms with E-state index >= 15 is 0 Å². The third-order valence-corrected chi connectivity index (χ3v) is 6.20. The van der Waals surface area contributed by atoms with E-state index in [-0.39, 0.29) is 17.6 Å². The molecule has 2 fully saturated rings. The van der Waals surface area contributed by atoms with Gasteiger partial charge in [-0.15, -0.1) is 0 Å². The molecule has 0 radical (unpaired) electrons. The van der Waals surface area contributed by atoms with Crippen LogP contribution in [0.15, 0.2) is 41.6 Å². The maximum absolute atomic E-state index is 12.5. The van der Waals surface area contributed by atoms with E-state index in [1.54, 1.807) is 18.3 Å². The molecule has 2 saturated carbocycles. The number of carbonyl (C=O) groups is 1. The van der Waals surface area contributed by atoms with Crippen LogP contribution in [-0.2, 0) is 4.79 Å². The maximum Gasteiger partial charge on any atom is 0.227 e. The summed E-state index contributed by atoms with van der Waals surface area (Å²) in [6, 6.07) is 7.37. The number of aromatic nitrogens is 1. The fourth-order valence-electron chi connectivity index (χ4n) is 3.86. The Morgan fingerprint density at radius 3 is 2.18 bits per heavy atom. The number of halogens is 2. The van der Waals surface area contributed by atoms with E-state index in [1.807, 2.05) is 0 Å². The van der Waals surface area contributed by atoms with Crippen LogP contribution in [0.2, 0.25) is 0 Å². The van der Waals surface area contributed by atoms with Crippen LogP contribution < -0.4 is 15.2 Å². The Hall–Kier alpha value is -2.19. The number of anilines is 1. The molecule has 33 heavy (non-hydrogen) atoms. The predicted octanol–water partition coefficient (Wildman–Crippen LogP) is 6.88. The fraction of sp³-hybridized carbons (Fsp3) is 0.520. The molecule has 4 rings (SSSR count). The van der Waals surface area contributed by atoms with Crippen molar-refractivity contribution in [3.8, 4) is 5.75 Å². The number of carbonyl (C=O) groups excluding carboxylic acids is 1. The van der Waals surface area contributed by atoms with Crippen LogP contribution in [0.1, 0.15) is 70.6 Å². The first-order chi connectivity index (χ1) is 16.0. The van der Waals surface area contributed by atoms with Gasteiger partial charge in [0.25, 0.3) is 0 Å². The molecule has 1 amide bonds. The zero-order valence-corrected chi connectivity index (χ0v) is 20.1. The molecular weight excluding hydrogens is 444 g/mol. The molecular formula is C25H35F2N3O2S. The average molecular weight is 480 g/mol. The zero-order valence-electron chi connectivity index (χ0n) is 19.3. The summed E-state index contributed by atoms with van der Waals surface area (Å²) in [4.78, 5) is 16.1. The number of amides is 1. The normalized spacial score (nSPS) is 15.9. The van der Waals surface area contributed by atoms with Gasteiger partial charge >= 0.3 is 0 Å². The van der Waals surface area contributed by atoms with Crippen molar-refractivity contribution < 1.29 is 18.3 Å². The van der Waals surface area contributed by atoms with Gasteiger partial charge in [-0.3, -0.25) is 9.93 Å². The Bertz CT molecular complexity index is 833. The summed E-state index contributed by atoms with van der Waals surface area (Å²) in [5.41, 5.74) is 0.781. The number of hydrogen-bond donors (Lipinski definition) is 2. The van der Waals surface area contributed by atoms with Crippen LogP contribution in [0, 0.1) is 17.6 Å². The molecule has 0 aliphatic heterocycles. The van der Waals surface area contributed by atoms with Gasteiger partial charge in [0.1, 0.15) is 5.03 Å². The van der Waals surface area contributed by atoms with Gasteiger partial charge in [0.15, 0.2) is 11.6 Å². The molecule has 0 atom stereocenters. The summed E-state index contributed by atoms with van der Waals surface area (Å²) in [7, 11) is 1.29. The molecule has 5 nitrogen and oxygen atoms in total. The van der Waals surface area contributed by atoms with Crippen molar-refractivity contribution in [2.24, 2.45) is 11.1 Å². The smallest absolute Gasteiger partial charge is 0.227 e. The van der Waals surface area contributed by atoms with Crippen molar-refractivity contribution in [1.82, 2.24) is 4.98 Å². The first-order valence-corrected chi connectivity index (χ1v) is 12.5. The summed E-state index contributed by atoms with van der Waals surface area (Å²) in [6.45, 7) is 0. The van der Waals surface area contributed by atoms with Gasteiger partial charge in [-0.25, -0.2) is 9.37 Å². The van der Waals surface area contributed by atoms with E-state index < -0.39 is 11.6 Å². The van der Waals surface area contributed by atoms with E-state index in [4.69, 9.17) is 5.14 Å². The first kappa shape index (κ1) is 27.1. The van der Waals surface area contributed by atoms with Crippen LogP contribution in [0.5, 0.6) is 5.75 Å². The maximum atomic E-state index is 12.5. The van der Waals surface area contributed by atoms with Crippen molar-refractivity contribution in [3.05, 3.63) is 48.2 Å². The summed E-state index contributed by atoms with van der Waals surface area (Å²) < 4.78 is 29.3. The van der Waals surface area contributed by atoms with Gasteiger partial charge in [-0.2, -0.15) is 4.39 Å². The SMILES string of the molecule is C1CCCCC1.COc1cccc(F)c1F.NSc1cc(NC(=O)C2CCCCC2)ccn1. The molecule has 0 spiro atoms. The molecule has 8 heteroatoms. The van der Waals surface area contributed by atoms with Crippen LogP contribution in [0.4, 0.5) is 14.5 Å². The molecule has 2 aliphatic rings. The minimum absolute atomic E-state index is 0.0694. The number of benzene rings is 1. The minimum Gasteiger partial charge on any atom is -0.494 e. The Morgan fingerprint density at radius 2 is 1.64 bits per heavy atom. The highest BCUT2D eigenvalue weighted by Crippen LogP contribution is 2.25. The number of methoxy groups -OCH3 is 1. The predicted molar refractivity (Wildman–Crippen MR) is 130 cm³/mol. The molecule has 0 saturated heterocycles. The molecule has 2 aromatic rings. The fourth-order valence-corrected chi connectivity index (χ4v) is 4.18. The Kier molecular flexibility index (Phi) is 12.8. The second kappa shape index (κ2) is 15.6. The van der Waals surface area contributed by atoms with Crippen LogP contribution >= 0.6 is 11.9 Å². The van der Waals surface area contributed by atoms with E-state index in [0.717, 1.165) is 36.5 Å². The molecule has 182 valence electrons. The van der Waals surface area contributed by atoms with Gasteiger partial charge in [0.2, 0.25) is 11.7 Å². The Balaban J connectivity index is 0.000000202. The van der Waals surface area contributed by atoms with Crippen molar-refractivity contribution in [3.63, 3.8) is 0 Å². The molecule has 1 aromatic heterocycles. The number of nitrogens with one attached hydrogen (secondary N) is 1. The number of nitrogens with zero attached hydrogens (tertiary/aromatic N) is 1. The second-order valence-corrected chi connectivity index (χ2v) is 8.86. The van der Waals surface area contributed by atoms with Crippen LogP contribution in [0.25, 0.3) is 0 Å². The largest absolute Gasteiger partial charge is 0.494 e. The quantitative estimate of drug-likeness (QED) is 0.467. The van der Waals surface area contributed by atoms with Gasteiger partial charge < -0.3 is 10.1 Å². The Morgan fingerprint density at radius 1 is 1.03 bits per heavy atom. The van der Waals surface area contributed by atoms with Crippen LogP contribution in [0.3, 0.4) is 0 Å². The monoisotopic (exact) mass is 479 g/mol. The number of pyridine rings is 1.